The summed E-state index contributed by atoms with van der Waals surface area (Å²) in [7, 11) is 0. The van der Waals surface area contributed by atoms with E-state index in [0.29, 0.717) is 27.6 Å². The van der Waals surface area contributed by atoms with Gasteiger partial charge in [-0.05, 0) is 41.8 Å². The van der Waals surface area contributed by atoms with Gasteiger partial charge in [-0.3, -0.25) is 11.3 Å². The molecule has 6 heteroatoms. The highest BCUT2D eigenvalue weighted by Crippen LogP contribution is 2.29. The average molecular weight is 317 g/mol. The maximum absolute atomic E-state index is 13.3. The van der Waals surface area contributed by atoms with Crippen molar-refractivity contribution in [1.82, 2.24) is 5.43 Å². The van der Waals surface area contributed by atoms with Crippen molar-refractivity contribution in [3.63, 3.8) is 0 Å². The van der Waals surface area contributed by atoms with Gasteiger partial charge in [0, 0.05) is 16.1 Å². The molecule has 0 radical (unpaired) electrons. The first-order chi connectivity index (χ1) is 9.51. The Morgan fingerprint density at radius 2 is 1.60 bits per heavy atom. The minimum atomic E-state index is -0.662. The van der Waals surface area contributed by atoms with Crippen LogP contribution < -0.4 is 11.3 Å². The van der Waals surface area contributed by atoms with E-state index in [9.17, 15) is 8.78 Å². The fraction of sp³-hybridized carbons (Fsp3) is 0.143. The summed E-state index contributed by atoms with van der Waals surface area (Å²) in [5.74, 6) is 4.15. The van der Waals surface area contributed by atoms with Gasteiger partial charge in [0.2, 0.25) is 0 Å². The zero-order valence-electron chi connectivity index (χ0n) is 10.3. The van der Waals surface area contributed by atoms with Gasteiger partial charge in [0.25, 0.3) is 0 Å². The van der Waals surface area contributed by atoms with Crippen LogP contribution >= 0.6 is 23.2 Å². The number of hydrogen-bond acceptors (Lipinski definition) is 2. The lowest BCUT2D eigenvalue weighted by Crippen LogP contribution is -2.30. The molecule has 2 aromatic rings. The van der Waals surface area contributed by atoms with Crippen LogP contribution in [0.15, 0.2) is 36.4 Å². The summed E-state index contributed by atoms with van der Waals surface area (Å²) in [5.41, 5.74) is 3.58. The minimum Gasteiger partial charge on any atom is -0.271 e. The smallest absolute Gasteiger partial charge is 0.126 e. The first-order valence-electron chi connectivity index (χ1n) is 5.86. The van der Waals surface area contributed by atoms with Gasteiger partial charge in [-0.2, -0.15) is 0 Å². The highest BCUT2D eigenvalue weighted by atomic mass is 35.5. The van der Waals surface area contributed by atoms with Crippen LogP contribution in [0.4, 0.5) is 8.78 Å². The molecule has 0 saturated carbocycles. The second-order valence-electron chi connectivity index (χ2n) is 4.33. The average Bonchev–Trinajstić information content (AvgIpc) is 2.37. The second-order valence-corrected chi connectivity index (χ2v) is 5.14. The van der Waals surface area contributed by atoms with E-state index < -0.39 is 17.7 Å². The van der Waals surface area contributed by atoms with Crippen molar-refractivity contribution in [3.05, 3.63) is 69.2 Å². The van der Waals surface area contributed by atoms with Crippen molar-refractivity contribution in [2.75, 3.05) is 0 Å². The highest BCUT2D eigenvalue weighted by molar-refractivity contribution is 6.36. The molecule has 0 fully saturated rings. The van der Waals surface area contributed by atoms with Crippen molar-refractivity contribution >= 4 is 23.2 Å². The Morgan fingerprint density at radius 3 is 2.10 bits per heavy atom. The molecule has 0 aliphatic carbocycles. The molecule has 0 saturated heterocycles. The summed E-state index contributed by atoms with van der Waals surface area (Å²) >= 11 is 12.2. The molecular weight excluding hydrogens is 305 g/mol. The van der Waals surface area contributed by atoms with Gasteiger partial charge < -0.3 is 0 Å². The zero-order valence-corrected chi connectivity index (χ0v) is 11.8. The summed E-state index contributed by atoms with van der Waals surface area (Å²) in [4.78, 5) is 0. The minimum absolute atomic E-state index is 0.317. The molecule has 106 valence electrons. The molecule has 0 aliphatic heterocycles. The van der Waals surface area contributed by atoms with Crippen LogP contribution in [0.3, 0.4) is 0 Å². The Labute approximate surface area is 125 Å². The summed E-state index contributed by atoms with van der Waals surface area (Å²) in [6.07, 6.45) is 0.317. The van der Waals surface area contributed by atoms with E-state index in [2.05, 4.69) is 5.43 Å². The van der Waals surface area contributed by atoms with Crippen molar-refractivity contribution in [2.24, 2.45) is 5.84 Å². The molecule has 0 aromatic heterocycles. The van der Waals surface area contributed by atoms with Gasteiger partial charge in [-0.1, -0.05) is 29.3 Å². The largest absolute Gasteiger partial charge is 0.271 e. The Balaban J connectivity index is 2.33. The van der Waals surface area contributed by atoms with Gasteiger partial charge in [0.1, 0.15) is 11.6 Å². The Hall–Kier alpha value is -1.20. The van der Waals surface area contributed by atoms with E-state index in [-0.39, 0.29) is 0 Å². The van der Waals surface area contributed by atoms with E-state index >= 15 is 0 Å². The molecule has 20 heavy (non-hydrogen) atoms. The lowest BCUT2D eigenvalue weighted by Gasteiger charge is -2.18. The molecule has 1 atom stereocenters. The van der Waals surface area contributed by atoms with Crippen molar-refractivity contribution < 1.29 is 8.78 Å². The molecular formula is C14H12Cl2F2N2. The molecule has 0 spiro atoms. The number of nitrogens with one attached hydrogen (secondary N) is 1. The number of benzene rings is 2. The van der Waals surface area contributed by atoms with Crippen molar-refractivity contribution in [3.8, 4) is 0 Å². The lowest BCUT2D eigenvalue weighted by atomic mass is 9.99. The van der Waals surface area contributed by atoms with Crippen LogP contribution in [-0.4, -0.2) is 0 Å². The topological polar surface area (TPSA) is 38.0 Å². The molecule has 0 amide bonds. The third-order valence-electron chi connectivity index (χ3n) is 2.96. The standard InChI is InChI=1S/C14H12Cl2F2N2/c15-12-2-1-3-13(16)11(12)7-14(20-19)8-4-9(17)6-10(18)5-8/h1-6,14,20H,7,19H2. The predicted octanol–water partition coefficient (Wildman–Crippen LogP) is 4.02. The fourth-order valence-electron chi connectivity index (χ4n) is 1.98. The summed E-state index contributed by atoms with van der Waals surface area (Å²) in [6, 6.07) is 7.86. The summed E-state index contributed by atoms with van der Waals surface area (Å²) in [5, 5.41) is 0.962. The first kappa shape index (κ1) is 15.2. The molecule has 0 bridgehead atoms. The Morgan fingerprint density at radius 1 is 1.05 bits per heavy atom. The van der Waals surface area contributed by atoms with Gasteiger partial charge in [-0.15, -0.1) is 0 Å². The van der Waals surface area contributed by atoms with E-state index in [1.54, 1.807) is 18.2 Å². The Kier molecular flexibility index (Phi) is 4.94. The predicted molar refractivity (Wildman–Crippen MR) is 76.6 cm³/mol. The molecule has 0 aliphatic rings. The molecule has 1 unspecified atom stereocenters. The Bertz CT molecular complexity index is 580. The molecule has 3 N–H and O–H groups in total. The monoisotopic (exact) mass is 316 g/mol. The van der Waals surface area contributed by atoms with E-state index in [1.165, 1.54) is 12.1 Å². The normalized spacial score (nSPS) is 12.4. The maximum Gasteiger partial charge on any atom is 0.126 e. The van der Waals surface area contributed by atoms with E-state index in [0.717, 1.165) is 6.07 Å². The van der Waals surface area contributed by atoms with Crippen LogP contribution in [-0.2, 0) is 6.42 Å². The third-order valence-corrected chi connectivity index (χ3v) is 3.67. The van der Waals surface area contributed by atoms with Crippen LogP contribution in [0.25, 0.3) is 0 Å². The highest BCUT2D eigenvalue weighted by Gasteiger charge is 2.16. The van der Waals surface area contributed by atoms with Crippen LogP contribution in [0.1, 0.15) is 17.2 Å². The number of rotatable bonds is 4. The number of nitrogens with two attached hydrogens (primary N) is 1. The third kappa shape index (κ3) is 3.46. The van der Waals surface area contributed by atoms with Crippen LogP contribution in [0.5, 0.6) is 0 Å². The zero-order chi connectivity index (χ0) is 14.7. The SMILES string of the molecule is NNC(Cc1c(Cl)cccc1Cl)c1cc(F)cc(F)c1. The summed E-state index contributed by atoms with van der Waals surface area (Å²) in [6.45, 7) is 0. The van der Waals surface area contributed by atoms with Gasteiger partial charge in [0.05, 0.1) is 6.04 Å². The first-order valence-corrected chi connectivity index (χ1v) is 6.62. The lowest BCUT2D eigenvalue weighted by molar-refractivity contribution is 0.530. The van der Waals surface area contributed by atoms with Gasteiger partial charge in [0.15, 0.2) is 0 Å². The van der Waals surface area contributed by atoms with Gasteiger partial charge in [-0.25, -0.2) is 8.78 Å². The van der Waals surface area contributed by atoms with E-state index in [4.69, 9.17) is 29.0 Å². The molecule has 2 aromatic carbocycles. The van der Waals surface area contributed by atoms with Gasteiger partial charge >= 0.3 is 0 Å². The quantitative estimate of drug-likeness (QED) is 0.660. The van der Waals surface area contributed by atoms with Crippen molar-refractivity contribution in [2.45, 2.75) is 12.5 Å². The number of hydrazine groups is 1. The number of halogens is 4. The molecule has 2 rings (SSSR count). The van der Waals surface area contributed by atoms with Crippen LogP contribution in [0, 0.1) is 11.6 Å². The maximum atomic E-state index is 13.3. The fourth-order valence-corrected chi connectivity index (χ4v) is 2.53. The van der Waals surface area contributed by atoms with Crippen LogP contribution in [0.2, 0.25) is 10.0 Å². The van der Waals surface area contributed by atoms with E-state index in [1.807, 2.05) is 0 Å². The summed E-state index contributed by atoms with van der Waals surface area (Å²) < 4.78 is 26.5. The number of hydrogen-bond donors (Lipinski definition) is 2. The molecule has 0 heterocycles. The second kappa shape index (κ2) is 6.50. The van der Waals surface area contributed by atoms with Crippen molar-refractivity contribution in [1.29, 1.82) is 0 Å². The molecule has 2 nitrogen and oxygen atoms in total.